The molecule has 0 aromatic heterocycles. The third-order valence-electron chi connectivity index (χ3n) is 3.50. The maximum absolute atomic E-state index is 12.1. The summed E-state index contributed by atoms with van der Waals surface area (Å²) >= 11 is 3.23. The summed E-state index contributed by atoms with van der Waals surface area (Å²) < 4.78 is 0.719. The predicted molar refractivity (Wildman–Crippen MR) is 76.2 cm³/mol. The molecule has 2 rings (SSSR count). The van der Waals surface area contributed by atoms with Crippen LogP contribution in [0, 0.1) is 0 Å². The van der Waals surface area contributed by atoms with Crippen LogP contribution in [0.25, 0.3) is 0 Å². The molecular weight excluding hydrogens is 310 g/mol. The van der Waals surface area contributed by atoms with E-state index < -0.39 is 6.10 Å². The van der Waals surface area contributed by atoms with E-state index >= 15 is 0 Å². The molecule has 0 radical (unpaired) electrons. The van der Waals surface area contributed by atoms with Crippen molar-refractivity contribution in [2.75, 3.05) is 0 Å². The van der Waals surface area contributed by atoms with Crippen molar-refractivity contribution in [1.29, 1.82) is 0 Å². The maximum atomic E-state index is 12.1. The lowest BCUT2D eigenvalue weighted by Crippen LogP contribution is -2.42. The lowest BCUT2D eigenvalue weighted by atomic mass is 10.1. The van der Waals surface area contributed by atoms with E-state index in [-0.39, 0.29) is 23.3 Å². The summed E-state index contributed by atoms with van der Waals surface area (Å²) in [5.74, 6) is -0.397. The molecule has 1 aliphatic rings. The minimum absolute atomic E-state index is 0.0602. The van der Waals surface area contributed by atoms with Gasteiger partial charge in [-0.2, -0.15) is 0 Å². The van der Waals surface area contributed by atoms with Gasteiger partial charge in [0, 0.05) is 4.47 Å². The van der Waals surface area contributed by atoms with Crippen LogP contribution in [-0.4, -0.2) is 28.3 Å². The lowest BCUT2D eigenvalue weighted by molar-refractivity contribution is 0.0816. The highest BCUT2D eigenvalue weighted by molar-refractivity contribution is 9.10. The molecule has 4 nitrogen and oxygen atoms in total. The van der Waals surface area contributed by atoms with Gasteiger partial charge < -0.3 is 15.5 Å². The summed E-state index contributed by atoms with van der Waals surface area (Å²) in [4.78, 5) is 12.1. The van der Waals surface area contributed by atoms with Gasteiger partial charge in [0.25, 0.3) is 5.91 Å². The van der Waals surface area contributed by atoms with Crippen LogP contribution in [0.2, 0.25) is 0 Å². The summed E-state index contributed by atoms with van der Waals surface area (Å²) in [5.41, 5.74) is 0.236. The van der Waals surface area contributed by atoms with Gasteiger partial charge in [-0.15, -0.1) is 0 Å². The van der Waals surface area contributed by atoms with Gasteiger partial charge in [-0.05, 0) is 31.0 Å². The number of hydrogen-bond donors (Lipinski definition) is 3. The third-order valence-corrected chi connectivity index (χ3v) is 3.99. The average molecular weight is 328 g/mol. The highest BCUT2D eigenvalue weighted by Crippen LogP contribution is 2.23. The van der Waals surface area contributed by atoms with Crippen molar-refractivity contribution in [2.45, 2.75) is 44.2 Å². The molecule has 1 saturated carbocycles. The van der Waals surface area contributed by atoms with Gasteiger partial charge in [0.05, 0.1) is 17.7 Å². The van der Waals surface area contributed by atoms with Crippen LogP contribution < -0.4 is 5.32 Å². The Balaban J connectivity index is 2.07. The minimum atomic E-state index is -0.496. The molecular formula is C14H18BrNO3. The Morgan fingerprint density at radius 2 is 2.00 bits per heavy atom. The first-order valence-electron chi connectivity index (χ1n) is 6.55. The van der Waals surface area contributed by atoms with Gasteiger partial charge >= 0.3 is 0 Å². The second-order valence-corrected chi connectivity index (χ2v) is 5.86. The number of nitrogens with one attached hydrogen (secondary N) is 1. The third kappa shape index (κ3) is 3.70. The molecule has 0 bridgehead atoms. The van der Waals surface area contributed by atoms with E-state index in [4.69, 9.17) is 0 Å². The van der Waals surface area contributed by atoms with Crippen LogP contribution in [0.1, 0.15) is 42.5 Å². The van der Waals surface area contributed by atoms with E-state index in [1.54, 1.807) is 12.1 Å². The SMILES string of the molecule is O=C(NC1CCCCCC1O)c1ccc(Br)cc1O. The fraction of sp³-hybridized carbons (Fsp3) is 0.500. The zero-order valence-corrected chi connectivity index (χ0v) is 12.2. The number of phenolic OH excluding ortho intramolecular Hbond substituents is 1. The summed E-state index contributed by atoms with van der Waals surface area (Å²) in [6.07, 6.45) is 4.10. The van der Waals surface area contributed by atoms with Gasteiger partial charge in [0.1, 0.15) is 5.75 Å². The first-order valence-corrected chi connectivity index (χ1v) is 7.34. The number of phenols is 1. The molecule has 19 heavy (non-hydrogen) atoms. The highest BCUT2D eigenvalue weighted by Gasteiger charge is 2.24. The van der Waals surface area contributed by atoms with E-state index in [2.05, 4.69) is 21.2 Å². The summed E-state index contributed by atoms with van der Waals surface area (Å²) in [6, 6.07) is 4.53. The molecule has 5 heteroatoms. The Kier molecular flexibility index (Phi) is 4.82. The average Bonchev–Trinajstić information content (AvgIpc) is 2.55. The van der Waals surface area contributed by atoms with Gasteiger partial charge in [-0.1, -0.05) is 35.2 Å². The van der Waals surface area contributed by atoms with Crippen molar-refractivity contribution in [3.8, 4) is 5.75 Å². The predicted octanol–water partition coefficient (Wildman–Crippen LogP) is 2.58. The Morgan fingerprint density at radius 3 is 2.74 bits per heavy atom. The number of amides is 1. The van der Waals surface area contributed by atoms with Gasteiger partial charge in [0.15, 0.2) is 0 Å². The Bertz CT molecular complexity index is 464. The number of aliphatic hydroxyl groups is 1. The molecule has 0 saturated heterocycles. The zero-order chi connectivity index (χ0) is 13.8. The number of aliphatic hydroxyl groups excluding tert-OH is 1. The standard InChI is InChI=1S/C14H18BrNO3/c15-9-6-7-10(13(18)8-9)14(19)16-11-4-2-1-3-5-12(11)17/h6-8,11-12,17-18H,1-5H2,(H,16,19). The van der Waals surface area contributed by atoms with Crippen LogP contribution in [-0.2, 0) is 0 Å². The molecule has 1 aliphatic carbocycles. The van der Waals surface area contributed by atoms with Crippen molar-refractivity contribution >= 4 is 21.8 Å². The monoisotopic (exact) mass is 327 g/mol. The topological polar surface area (TPSA) is 69.6 Å². The van der Waals surface area contributed by atoms with Crippen molar-refractivity contribution in [1.82, 2.24) is 5.32 Å². The van der Waals surface area contributed by atoms with E-state index in [0.29, 0.717) is 0 Å². The summed E-state index contributed by atoms with van der Waals surface area (Å²) in [7, 11) is 0. The molecule has 0 spiro atoms. The lowest BCUT2D eigenvalue weighted by Gasteiger charge is -2.22. The van der Waals surface area contributed by atoms with Crippen molar-refractivity contribution in [3.63, 3.8) is 0 Å². The molecule has 1 amide bonds. The summed E-state index contributed by atoms with van der Waals surface area (Å²) in [6.45, 7) is 0. The number of halogens is 1. The van der Waals surface area contributed by atoms with Gasteiger partial charge in [-0.3, -0.25) is 4.79 Å². The van der Waals surface area contributed by atoms with Crippen molar-refractivity contribution < 1.29 is 15.0 Å². The number of benzene rings is 1. The zero-order valence-electron chi connectivity index (χ0n) is 10.6. The molecule has 0 heterocycles. The summed E-state index contributed by atoms with van der Waals surface area (Å²) in [5, 5.41) is 22.6. The number of carbonyl (C=O) groups excluding carboxylic acids is 1. The van der Waals surface area contributed by atoms with Gasteiger partial charge in [0.2, 0.25) is 0 Å². The Morgan fingerprint density at radius 1 is 1.26 bits per heavy atom. The molecule has 1 aromatic carbocycles. The number of carbonyl (C=O) groups is 1. The molecule has 1 aromatic rings. The van der Waals surface area contributed by atoms with E-state index in [0.717, 1.165) is 36.6 Å². The number of rotatable bonds is 2. The Labute approximate surface area is 121 Å². The highest BCUT2D eigenvalue weighted by atomic mass is 79.9. The molecule has 0 aliphatic heterocycles. The normalized spacial score (nSPS) is 23.7. The van der Waals surface area contributed by atoms with Crippen LogP contribution in [0.3, 0.4) is 0 Å². The van der Waals surface area contributed by atoms with E-state index in [1.165, 1.54) is 6.07 Å². The van der Waals surface area contributed by atoms with Crippen LogP contribution in [0.15, 0.2) is 22.7 Å². The molecule has 2 atom stereocenters. The molecule has 1 fully saturated rings. The number of aromatic hydroxyl groups is 1. The quantitative estimate of drug-likeness (QED) is 0.731. The molecule has 2 unspecified atom stereocenters. The molecule has 3 N–H and O–H groups in total. The fourth-order valence-corrected chi connectivity index (χ4v) is 2.75. The number of hydrogen-bond acceptors (Lipinski definition) is 3. The largest absolute Gasteiger partial charge is 0.507 e. The second kappa shape index (κ2) is 6.39. The van der Waals surface area contributed by atoms with Crippen molar-refractivity contribution in [2.24, 2.45) is 0 Å². The van der Waals surface area contributed by atoms with Crippen molar-refractivity contribution in [3.05, 3.63) is 28.2 Å². The van der Waals surface area contributed by atoms with E-state index in [1.807, 2.05) is 0 Å². The minimum Gasteiger partial charge on any atom is -0.507 e. The maximum Gasteiger partial charge on any atom is 0.255 e. The van der Waals surface area contributed by atoms with Gasteiger partial charge in [-0.25, -0.2) is 0 Å². The fourth-order valence-electron chi connectivity index (χ4n) is 2.40. The first-order chi connectivity index (χ1) is 9.08. The first kappa shape index (κ1) is 14.3. The smallest absolute Gasteiger partial charge is 0.255 e. The van der Waals surface area contributed by atoms with Crippen LogP contribution in [0.5, 0.6) is 5.75 Å². The van der Waals surface area contributed by atoms with Crippen LogP contribution >= 0.6 is 15.9 Å². The second-order valence-electron chi connectivity index (χ2n) is 4.95. The van der Waals surface area contributed by atoms with Crippen LogP contribution in [0.4, 0.5) is 0 Å². The molecule has 104 valence electrons. The Hall–Kier alpha value is -1.07. The van der Waals surface area contributed by atoms with E-state index in [9.17, 15) is 15.0 Å².